The van der Waals surface area contributed by atoms with Crippen molar-refractivity contribution in [3.05, 3.63) is 12.7 Å². The molecule has 4 aliphatic carbocycles. The normalized spacial score (nSPS) is 39.6. The Morgan fingerprint density at radius 1 is 1.08 bits per heavy atom. The number of carbonyl (C=O) groups excluding carboxylic acids is 1. The minimum Gasteiger partial charge on any atom is -0.449 e. The first-order valence-electron chi connectivity index (χ1n) is 8.00. The monoisotopic (exact) mass is 354 g/mol. The zero-order valence-electron chi connectivity index (χ0n) is 12.9. The number of rotatable bonds is 4. The van der Waals surface area contributed by atoms with E-state index in [1.54, 1.807) is 0 Å². The molecule has 4 saturated carbocycles. The van der Waals surface area contributed by atoms with Crippen molar-refractivity contribution in [1.29, 1.82) is 0 Å². The van der Waals surface area contributed by atoms with Crippen molar-refractivity contribution in [3.8, 4) is 0 Å². The van der Waals surface area contributed by atoms with Crippen LogP contribution >= 0.6 is 0 Å². The predicted octanol–water partition coefficient (Wildman–Crippen LogP) is 3.47. The van der Waals surface area contributed by atoms with Gasteiger partial charge in [0, 0.05) is 17.9 Å². The third kappa shape index (κ3) is 2.36. The van der Waals surface area contributed by atoms with E-state index in [1.165, 1.54) is 0 Å². The van der Waals surface area contributed by atoms with Gasteiger partial charge >= 0.3 is 18.1 Å². The molecule has 1 unspecified atom stereocenters. The molecule has 0 heterocycles. The maximum atomic E-state index is 14.9. The molecule has 3 nitrogen and oxygen atoms in total. The van der Waals surface area contributed by atoms with Crippen molar-refractivity contribution in [2.45, 2.75) is 55.9 Å². The molecule has 136 valence electrons. The number of alkyl halides is 5. The fourth-order valence-electron chi connectivity index (χ4n) is 5.29. The molecule has 0 amide bonds. The summed E-state index contributed by atoms with van der Waals surface area (Å²) in [5.74, 6) is -7.23. The second kappa shape index (κ2) is 5.41. The maximum Gasteiger partial charge on any atom is 0.420 e. The van der Waals surface area contributed by atoms with Crippen LogP contribution in [-0.2, 0) is 9.53 Å². The van der Waals surface area contributed by atoms with Gasteiger partial charge in [-0.15, -0.1) is 0 Å². The first kappa shape index (κ1) is 17.6. The van der Waals surface area contributed by atoms with Gasteiger partial charge in [-0.25, -0.2) is 4.79 Å². The van der Waals surface area contributed by atoms with Crippen LogP contribution in [0.4, 0.5) is 22.0 Å². The van der Waals surface area contributed by atoms with E-state index in [4.69, 9.17) is 4.74 Å². The van der Waals surface area contributed by atoms with Crippen LogP contribution in [0.25, 0.3) is 0 Å². The van der Waals surface area contributed by atoms with Crippen LogP contribution in [0.2, 0.25) is 0 Å². The van der Waals surface area contributed by atoms with Gasteiger partial charge in [0.15, 0.2) is 5.60 Å². The molecule has 4 fully saturated rings. The van der Waals surface area contributed by atoms with Gasteiger partial charge < -0.3 is 9.84 Å². The van der Waals surface area contributed by atoms with Crippen molar-refractivity contribution >= 4 is 5.97 Å². The Hall–Kier alpha value is -1.18. The average molecular weight is 354 g/mol. The van der Waals surface area contributed by atoms with Gasteiger partial charge in [0.1, 0.15) is 0 Å². The van der Waals surface area contributed by atoms with E-state index < -0.39 is 41.6 Å². The molecule has 0 aromatic rings. The van der Waals surface area contributed by atoms with Gasteiger partial charge in [0.25, 0.3) is 0 Å². The molecule has 4 aliphatic rings. The van der Waals surface area contributed by atoms with Crippen LogP contribution in [0.1, 0.15) is 32.1 Å². The fraction of sp³-hybridized carbons (Fsp3) is 0.812. The van der Waals surface area contributed by atoms with Crippen molar-refractivity contribution in [2.24, 2.45) is 23.7 Å². The number of aliphatic hydroxyl groups is 1. The minimum atomic E-state index is -5.51. The van der Waals surface area contributed by atoms with Gasteiger partial charge in [-0.3, -0.25) is 0 Å². The smallest absolute Gasteiger partial charge is 0.420 e. The Bertz CT molecular complexity index is 514. The SMILES string of the molecule is C=CC(=O)OC1(C(F)(F)C(O)C(F)(F)F)C2CC3CC(C2)CC1C3. The van der Waals surface area contributed by atoms with Crippen molar-refractivity contribution < 1.29 is 36.6 Å². The summed E-state index contributed by atoms with van der Waals surface area (Å²) in [5.41, 5.74) is -2.62. The lowest BCUT2D eigenvalue weighted by Crippen LogP contribution is -2.72. The summed E-state index contributed by atoms with van der Waals surface area (Å²) in [4.78, 5) is 11.7. The molecule has 4 rings (SSSR count). The highest BCUT2D eigenvalue weighted by atomic mass is 19.4. The van der Waals surface area contributed by atoms with Crippen LogP contribution in [-0.4, -0.2) is 34.9 Å². The van der Waals surface area contributed by atoms with Gasteiger partial charge in [0.05, 0.1) is 0 Å². The second-order valence-electron chi connectivity index (χ2n) is 7.29. The zero-order valence-corrected chi connectivity index (χ0v) is 12.9. The standard InChI is InChI=1S/C16H19F5O3/c1-2-12(22)24-14(15(17,18)13(23)16(19,20)21)10-4-8-3-9(6-10)7-11(14)5-8/h2,8-11,13,23H,1,3-7H2. The van der Waals surface area contributed by atoms with Crippen molar-refractivity contribution in [1.82, 2.24) is 0 Å². The largest absolute Gasteiger partial charge is 0.449 e. The zero-order chi connectivity index (χ0) is 17.9. The lowest BCUT2D eigenvalue weighted by Gasteiger charge is -2.62. The van der Waals surface area contributed by atoms with Crippen LogP contribution in [0.15, 0.2) is 12.7 Å². The van der Waals surface area contributed by atoms with Crippen molar-refractivity contribution in [3.63, 3.8) is 0 Å². The molecule has 4 bridgehead atoms. The third-order valence-corrected chi connectivity index (χ3v) is 5.96. The lowest BCUT2D eigenvalue weighted by atomic mass is 9.48. The van der Waals surface area contributed by atoms with E-state index in [1.807, 2.05) is 0 Å². The summed E-state index contributed by atoms with van der Waals surface area (Å²) in [6.45, 7) is 3.15. The summed E-state index contributed by atoms with van der Waals surface area (Å²) in [6, 6.07) is 0. The van der Waals surface area contributed by atoms with E-state index in [2.05, 4.69) is 6.58 Å². The van der Waals surface area contributed by atoms with Crippen LogP contribution in [0.5, 0.6) is 0 Å². The predicted molar refractivity (Wildman–Crippen MR) is 73.1 cm³/mol. The highest BCUT2D eigenvalue weighted by Gasteiger charge is 2.76. The van der Waals surface area contributed by atoms with Crippen LogP contribution < -0.4 is 0 Å². The Morgan fingerprint density at radius 2 is 1.54 bits per heavy atom. The third-order valence-electron chi connectivity index (χ3n) is 5.96. The molecule has 24 heavy (non-hydrogen) atoms. The molecule has 0 spiro atoms. The molecule has 0 aliphatic heterocycles. The van der Waals surface area contributed by atoms with E-state index in [-0.39, 0.29) is 37.5 Å². The Labute approximate surface area is 135 Å². The lowest BCUT2D eigenvalue weighted by molar-refractivity contribution is -0.353. The Balaban J connectivity index is 2.07. The summed E-state index contributed by atoms with van der Waals surface area (Å²) < 4.78 is 73.4. The fourth-order valence-corrected chi connectivity index (χ4v) is 5.29. The summed E-state index contributed by atoms with van der Waals surface area (Å²) in [5, 5.41) is 9.36. The molecule has 0 aromatic heterocycles. The van der Waals surface area contributed by atoms with Crippen LogP contribution in [0, 0.1) is 23.7 Å². The highest BCUT2D eigenvalue weighted by Crippen LogP contribution is 2.65. The number of hydrogen-bond donors (Lipinski definition) is 1. The first-order chi connectivity index (χ1) is 11.0. The molecule has 1 N–H and O–H groups in total. The van der Waals surface area contributed by atoms with E-state index in [0.29, 0.717) is 6.08 Å². The average Bonchev–Trinajstić information content (AvgIpc) is 2.48. The minimum absolute atomic E-state index is 0.168. The molecule has 0 radical (unpaired) electrons. The van der Waals surface area contributed by atoms with Gasteiger partial charge in [-0.05, 0) is 43.9 Å². The topological polar surface area (TPSA) is 46.5 Å². The quantitative estimate of drug-likeness (QED) is 0.478. The number of halogens is 5. The van der Waals surface area contributed by atoms with E-state index in [9.17, 15) is 31.9 Å². The molecule has 1 atom stereocenters. The van der Waals surface area contributed by atoms with Crippen molar-refractivity contribution in [2.75, 3.05) is 0 Å². The summed E-state index contributed by atoms with van der Waals surface area (Å²) in [7, 11) is 0. The van der Waals surface area contributed by atoms with Gasteiger partial charge in [-0.1, -0.05) is 6.58 Å². The second-order valence-corrected chi connectivity index (χ2v) is 7.29. The maximum absolute atomic E-state index is 14.9. The number of hydrogen-bond acceptors (Lipinski definition) is 3. The summed E-state index contributed by atoms with van der Waals surface area (Å²) in [6.07, 6.45) is -6.68. The Morgan fingerprint density at radius 3 is 1.92 bits per heavy atom. The van der Waals surface area contributed by atoms with Crippen LogP contribution in [0.3, 0.4) is 0 Å². The number of aliphatic hydroxyl groups excluding tert-OH is 1. The molecular weight excluding hydrogens is 335 g/mol. The molecule has 0 aromatic carbocycles. The first-order valence-corrected chi connectivity index (χ1v) is 8.00. The molecule has 8 heteroatoms. The summed E-state index contributed by atoms with van der Waals surface area (Å²) >= 11 is 0. The van der Waals surface area contributed by atoms with Gasteiger partial charge in [-0.2, -0.15) is 22.0 Å². The number of carbonyl (C=O) groups is 1. The molecule has 0 saturated heterocycles. The van der Waals surface area contributed by atoms with E-state index in [0.717, 1.165) is 6.42 Å². The number of ether oxygens (including phenoxy) is 1. The van der Waals surface area contributed by atoms with Gasteiger partial charge in [0.2, 0.25) is 6.10 Å². The highest BCUT2D eigenvalue weighted by molar-refractivity contribution is 5.81. The molecular formula is C16H19F5O3. The van der Waals surface area contributed by atoms with E-state index >= 15 is 0 Å². The number of esters is 1. The Kier molecular flexibility index (Phi) is 3.97.